The van der Waals surface area contributed by atoms with E-state index >= 15 is 0 Å². The summed E-state index contributed by atoms with van der Waals surface area (Å²) in [6.07, 6.45) is 3.39. The van der Waals surface area contributed by atoms with Crippen LogP contribution in [-0.2, 0) is 10.1 Å². The van der Waals surface area contributed by atoms with Gasteiger partial charge in [0.2, 0.25) is 11.8 Å². The van der Waals surface area contributed by atoms with Gasteiger partial charge in [-0.05, 0) is 42.8 Å². The average Bonchev–Trinajstić information content (AvgIpc) is 3.38. The van der Waals surface area contributed by atoms with E-state index in [4.69, 9.17) is 14.0 Å². The van der Waals surface area contributed by atoms with E-state index in [-0.39, 0.29) is 22.3 Å². The van der Waals surface area contributed by atoms with Gasteiger partial charge in [0.1, 0.15) is 17.3 Å². The molecule has 14 heteroatoms. The van der Waals surface area contributed by atoms with Gasteiger partial charge < -0.3 is 19.4 Å². The first kappa shape index (κ1) is 28.9. The van der Waals surface area contributed by atoms with Crippen LogP contribution in [0.5, 0.6) is 11.5 Å². The van der Waals surface area contributed by atoms with Crippen molar-refractivity contribution in [1.29, 1.82) is 0 Å². The van der Waals surface area contributed by atoms with Crippen LogP contribution < -0.4 is 14.8 Å². The fourth-order valence-corrected chi connectivity index (χ4v) is 4.70. The molecule has 0 bridgehead atoms. The molecule has 0 spiro atoms. The Bertz CT molecular complexity index is 1840. The fraction of sp³-hybridized carbons (Fsp3) is 0.111. The molecule has 212 valence electrons. The van der Waals surface area contributed by atoms with Crippen LogP contribution in [0, 0.1) is 22.9 Å². The van der Waals surface area contributed by atoms with Crippen molar-refractivity contribution in [2.75, 3.05) is 19.5 Å². The summed E-state index contributed by atoms with van der Waals surface area (Å²) in [4.78, 5) is 18.8. The zero-order chi connectivity index (χ0) is 29.7. The van der Waals surface area contributed by atoms with E-state index in [9.17, 15) is 22.9 Å². The SMILES string of the molecule is COc1cc(F)c([N+](=O)[O-])cc1Nc1nccc(-n2ccc3c(OC)cccc32)n1.Cc1ccccc1S(=O)(=O)O. The zero-order valence-corrected chi connectivity index (χ0v) is 22.8. The predicted molar refractivity (Wildman–Crippen MR) is 149 cm³/mol. The highest BCUT2D eigenvalue weighted by Gasteiger charge is 2.20. The molecule has 0 saturated carbocycles. The van der Waals surface area contributed by atoms with E-state index in [0.29, 0.717) is 11.4 Å². The van der Waals surface area contributed by atoms with Crippen LogP contribution >= 0.6 is 0 Å². The number of aryl methyl sites for hydroxylation is 1. The number of nitrogens with one attached hydrogen (secondary N) is 1. The second-order valence-corrected chi connectivity index (χ2v) is 9.83. The van der Waals surface area contributed by atoms with Crippen molar-refractivity contribution in [3.63, 3.8) is 0 Å². The molecule has 0 atom stereocenters. The lowest BCUT2D eigenvalue weighted by Crippen LogP contribution is -2.04. The molecule has 0 aliphatic heterocycles. The topological polar surface area (TPSA) is 159 Å². The molecule has 0 saturated heterocycles. The fourth-order valence-electron chi connectivity index (χ4n) is 3.98. The van der Waals surface area contributed by atoms with E-state index in [1.54, 1.807) is 44.5 Å². The minimum atomic E-state index is -4.03. The highest BCUT2D eigenvalue weighted by molar-refractivity contribution is 7.85. The van der Waals surface area contributed by atoms with Gasteiger partial charge in [-0.1, -0.05) is 24.3 Å². The van der Waals surface area contributed by atoms with Crippen LogP contribution in [0.4, 0.5) is 21.7 Å². The van der Waals surface area contributed by atoms with Crippen molar-refractivity contribution >= 4 is 38.3 Å². The van der Waals surface area contributed by atoms with Crippen molar-refractivity contribution in [2.24, 2.45) is 0 Å². The Labute approximate surface area is 233 Å². The molecule has 2 N–H and O–H groups in total. The molecule has 0 aliphatic rings. The largest absolute Gasteiger partial charge is 0.496 e. The third kappa shape index (κ3) is 6.40. The quantitative estimate of drug-likeness (QED) is 0.143. The molecule has 0 radical (unpaired) electrons. The number of aromatic nitrogens is 3. The molecular weight excluding hydrogens is 557 g/mol. The average molecular weight is 582 g/mol. The molecule has 0 amide bonds. The number of methoxy groups -OCH3 is 2. The molecule has 41 heavy (non-hydrogen) atoms. The molecule has 5 aromatic rings. The van der Waals surface area contributed by atoms with Crippen LogP contribution in [0.1, 0.15) is 5.56 Å². The third-order valence-corrected chi connectivity index (χ3v) is 6.90. The van der Waals surface area contributed by atoms with E-state index in [1.807, 2.05) is 35.0 Å². The number of hydrogen-bond acceptors (Lipinski definition) is 9. The second kappa shape index (κ2) is 12.0. The monoisotopic (exact) mass is 581 g/mol. The Morgan fingerprint density at radius 1 is 1.02 bits per heavy atom. The molecule has 3 aromatic carbocycles. The van der Waals surface area contributed by atoms with E-state index in [1.165, 1.54) is 13.2 Å². The highest BCUT2D eigenvalue weighted by Crippen LogP contribution is 2.33. The number of nitro groups is 1. The summed E-state index contributed by atoms with van der Waals surface area (Å²) >= 11 is 0. The molecule has 2 heterocycles. The summed E-state index contributed by atoms with van der Waals surface area (Å²) in [6.45, 7) is 1.63. The number of hydrogen-bond donors (Lipinski definition) is 2. The van der Waals surface area contributed by atoms with Gasteiger partial charge >= 0.3 is 5.69 Å². The van der Waals surface area contributed by atoms with Crippen molar-refractivity contribution in [1.82, 2.24) is 14.5 Å². The Balaban J connectivity index is 0.000000296. The van der Waals surface area contributed by atoms with Crippen molar-refractivity contribution in [2.45, 2.75) is 11.8 Å². The molecule has 12 nitrogen and oxygen atoms in total. The van der Waals surface area contributed by atoms with Crippen LogP contribution in [-0.4, -0.2) is 46.6 Å². The van der Waals surface area contributed by atoms with Gasteiger partial charge in [-0.25, -0.2) is 4.98 Å². The van der Waals surface area contributed by atoms with Crippen LogP contribution in [0.15, 0.2) is 84.0 Å². The number of fused-ring (bicyclic) bond motifs is 1. The Kier molecular flexibility index (Phi) is 8.45. The van der Waals surface area contributed by atoms with Crippen molar-refractivity contribution < 1.29 is 31.8 Å². The molecular formula is C27H24FN5O7S. The highest BCUT2D eigenvalue weighted by atomic mass is 32.2. The van der Waals surface area contributed by atoms with Crippen LogP contribution in [0.2, 0.25) is 0 Å². The Hall–Kier alpha value is -5.08. The summed E-state index contributed by atoms with van der Waals surface area (Å²) in [7, 11) is -1.09. The normalized spacial score (nSPS) is 11.0. The minimum Gasteiger partial charge on any atom is -0.496 e. The standard InChI is InChI=1S/C20H16FN5O4.C7H8O3S/c1-29-17-5-3-4-15-12(17)7-9-25(15)19-6-8-22-20(24-19)23-14-11-16(26(27)28)13(21)10-18(14)30-2;1-6-4-2-3-5-7(6)11(8,9)10/h3-11H,1-2H3,(H,22,23,24);2-5H,1H3,(H,8,9,10). The van der Waals surface area contributed by atoms with Crippen LogP contribution in [0.25, 0.3) is 16.7 Å². The minimum absolute atomic E-state index is 0.0278. The third-order valence-electron chi connectivity index (χ3n) is 5.88. The molecule has 0 fully saturated rings. The van der Waals surface area contributed by atoms with Gasteiger partial charge in [0, 0.05) is 29.9 Å². The maximum Gasteiger partial charge on any atom is 0.307 e. The lowest BCUT2D eigenvalue weighted by molar-refractivity contribution is -0.387. The summed E-state index contributed by atoms with van der Waals surface area (Å²) < 4.78 is 56.1. The summed E-state index contributed by atoms with van der Waals surface area (Å²) in [5.41, 5.74) is 0.920. The molecule has 0 unspecified atom stereocenters. The van der Waals surface area contributed by atoms with Gasteiger partial charge in [-0.2, -0.15) is 17.8 Å². The zero-order valence-electron chi connectivity index (χ0n) is 22.0. The van der Waals surface area contributed by atoms with Gasteiger partial charge in [-0.15, -0.1) is 0 Å². The van der Waals surface area contributed by atoms with E-state index < -0.39 is 26.5 Å². The summed E-state index contributed by atoms with van der Waals surface area (Å²) in [5.74, 6) is 0.554. The lowest BCUT2D eigenvalue weighted by Gasteiger charge is -2.11. The molecule has 0 aliphatic carbocycles. The number of rotatable bonds is 7. The van der Waals surface area contributed by atoms with E-state index in [2.05, 4.69) is 15.3 Å². The molecule has 5 rings (SSSR count). The van der Waals surface area contributed by atoms with Gasteiger partial charge in [0.25, 0.3) is 10.1 Å². The summed E-state index contributed by atoms with van der Waals surface area (Å²) in [5, 5.41) is 14.8. The summed E-state index contributed by atoms with van der Waals surface area (Å²) in [6, 6.07) is 17.6. The van der Waals surface area contributed by atoms with Crippen molar-refractivity contribution in [3.05, 3.63) is 101 Å². The first-order chi connectivity index (χ1) is 19.5. The molecule has 2 aromatic heterocycles. The maximum absolute atomic E-state index is 13.9. The first-order valence-corrected chi connectivity index (χ1v) is 13.3. The van der Waals surface area contributed by atoms with Crippen LogP contribution in [0.3, 0.4) is 0 Å². The number of benzene rings is 3. The number of halogens is 1. The Morgan fingerprint density at radius 3 is 2.39 bits per heavy atom. The first-order valence-electron chi connectivity index (χ1n) is 11.8. The van der Waals surface area contributed by atoms with Crippen molar-refractivity contribution in [3.8, 4) is 17.3 Å². The number of ether oxygens (including phenoxy) is 2. The predicted octanol–water partition coefficient (Wildman–Crippen LogP) is 5.47. The number of anilines is 2. The lowest BCUT2D eigenvalue weighted by atomic mass is 10.2. The second-order valence-electron chi connectivity index (χ2n) is 8.44. The number of nitro benzene ring substituents is 1. The number of nitrogens with zero attached hydrogens (tertiary/aromatic N) is 4. The van der Waals surface area contributed by atoms with Gasteiger partial charge in [0.15, 0.2) is 0 Å². The Morgan fingerprint density at radius 2 is 1.76 bits per heavy atom. The van der Waals surface area contributed by atoms with E-state index in [0.717, 1.165) is 28.8 Å². The maximum atomic E-state index is 13.9. The van der Waals surface area contributed by atoms with Gasteiger partial charge in [0.05, 0.1) is 35.2 Å². The smallest absolute Gasteiger partial charge is 0.307 e. The van der Waals surface area contributed by atoms with Gasteiger partial charge in [-0.3, -0.25) is 14.7 Å².